The number of pyridine rings is 1. The Morgan fingerprint density at radius 1 is 1.67 bits per heavy atom. The average Bonchev–Trinajstić information content (AvgIpc) is 2.08. The molecule has 15 heavy (non-hydrogen) atoms. The second kappa shape index (κ2) is 4.20. The Labute approximate surface area is 84.7 Å². The van der Waals surface area contributed by atoms with Crippen LogP contribution in [0.5, 0.6) is 0 Å². The molecule has 0 aliphatic carbocycles. The number of nitrogen functional groups attached to an aromatic ring is 1. The highest BCUT2D eigenvalue weighted by Crippen LogP contribution is 2.23. The van der Waals surface area contributed by atoms with Gasteiger partial charge in [-0.25, -0.2) is 13.8 Å². The molecule has 1 heterocycles. The van der Waals surface area contributed by atoms with Gasteiger partial charge in [-0.1, -0.05) is 0 Å². The third-order valence-corrected chi connectivity index (χ3v) is 1.89. The standard InChI is InChI=1S/C9H10F2N2O2/c1-4-2-5(12)6(3-7(14)15)13-8(4)9(10)11/h2,9H,3,12H2,1H3,(H,14,15). The van der Waals surface area contributed by atoms with Gasteiger partial charge in [0.05, 0.1) is 17.8 Å². The molecule has 4 nitrogen and oxygen atoms in total. The number of carbonyl (C=O) groups is 1. The monoisotopic (exact) mass is 216 g/mol. The first-order chi connectivity index (χ1) is 6.91. The Bertz CT molecular complexity index is 394. The zero-order valence-electron chi connectivity index (χ0n) is 8.00. The molecule has 1 aromatic heterocycles. The second-order valence-corrected chi connectivity index (χ2v) is 3.10. The summed E-state index contributed by atoms with van der Waals surface area (Å²) in [5, 5.41) is 8.51. The van der Waals surface area contributed by atoms with E-state index in [4.69, 9.17) is 10.8 Å². The highest BCUT2D eigenvalue weighted by Gasteiger charge is 2.16. The molecule has 0 aromatic carbocycles. The predicted molar refractivity (Wildman–Crippen MR) is 49.7 cm³/mol. The van der Waals surface area contributed by atoms with Crippen LogP contribution in [0.15, 0.2) is 6.07 Å². The van der Waals surface area contributed by atoms with Gasteiger partial charge in [-0.3, -0.25) is 4.79 Å². The van der Waals surface area contributed by atoms with Crippen molar-refractivity contribution >= 4 is 11.7 Å². The number of carboxylic acids is 1. The highest BCUT2D eigenvalue weighted by atomic mass is 19.3. The van der Waals surface area contributed by atoms with Crippen molar-refractivity contribution in [2.45, 2.75) is 19.8 Å². The van der Waals surface area contributed by atoms with Gasteiger partial charge < -0.3 is 10.8 Å². The minimum Gasteiger partial charge on any atom is -0.481 e. The van der Waals surface area contributed by atoms with Crippen molar-refractivity contribution in [2.75, 3.05) is 5.73 Å². The number of aryl methyl sites for hydroxylation is 1. The first-order valence-electron chi connectivity index (χ1n) is 4.17. The Morgan fingerprint density at radius 2 is 2.27 bits per heavy atom. The highest BCUT2D eigenvalue weighted by molar-refractivity contribution is 5.72. The molecule has 0 fully saturated rings. The lowest BCUT2D eigenvalue weighted by Crippen LogP contribution is -2.09. The topological polar surface area (TPSA) is 76.2 Å². The molecule has 0 aliphatic rings. The van der Waals surface area contributed by atoms with Crippen molar-refractivity contribution in [2.24, 2.45) is 0 Å². The van der Waals surface area contributed by atoms with Crippen molar-refractivity contribution in [1.29, 1.82) is 0 Å². The number of hydrogen-bond donors (Lipinski definition) is 2. The fourth-order valence-electron chi connectivity index (χ4n) is 1.19. The molecule has 0 amide bonds. The molecule has 1 rings (SSSR count). The van der Waals surface area contributed by atoms with Crippen LogP contribution in [0.3, 0.4) is 0 Å². The number of anilines is 1. The van der Waals surface area contributed by atoms with Crippen molar-refractivity contribution < 1.29 is 18.7 Å². The Kier molecular flexibility index (Phi) is 3.18. The summed E-state index contributed by atoms with van der Waals surface area (Å²) in [5.74, 6) is -1.15. The summed E-state index contributed by atoms with van der Waals surface area (Å²) in [7, 11) is 0. The van der Waals surface area contributed by atoms with Crippen LogP contribution in [-0.2, 0) is 11.2 Å². The zero-order valence-corrected chi connectivity index (χ0v) is 8.00. The Balaban J connectivity index is 3.17. The van der Waals surface area contributed by atoms with Crippen molar-refractivity contribution in [3.63, 3.8) is 0 Å². The molecule has 0 saturated carbocycles. The summed E-state index contributed by atoms with van der Waals surface area (Å²) in [6, 6.07) is 1.31. The van der Waals surface area contributed by atoms with Gasteiger partial charge in [-0.2, -0.15) is 0 Å². The molecule has 0 radical (unpaired) electrons. The van der Waals surface area contributed by atoms with Crippen LogP contribution in [0.2, 0.25) is 0 Å². The van der Waals surface area contributed by atoms with E-state index in [0.717, 1.165) is 0 Å². The lowest BCUT2D eigenvalue weighted by Gasteiger charge is -2.08. The lowest BCUT2D eigenvalue weighted by molar-refractivity contribution is -0.136. The normalized spacial score (nSPS) is 10.7. The molecule has 82 valence electrons. The molecule has 0 saturated heterocycles. The van der Waals surface area contributed by atoms with E-state index in [2.05, 4.69) is 4.98 Å². The van der Waals surface area contributed by atoms with Crippen molar-refractivity contribution in [3.05, 3.63) is 23.0 Å². The number of hydrogen-bond acceptors (Lipinski definition) is 3. The van der Waals surface area contributed by atoms with E-state index in [0.29, 0.717) is 0 Å². The van der Waals surface area contributed by atoms with E-state index in [1.165, 1.54) is 13.0 Å². The second-order valence-electron chi connectivity index (χ2n) is 3.10. The Morgan fingerprint density at radius 3 is 2.73 bits per heavy atom. The molecule has 3 N–H and O–H groups in total. The molecule has 0 atom stereocenters. The number of nitrogens with zero attached hydrogens (tertiary/aromatic N) is 1. The maximum absolute atomic E-state index is 12.4. The van der Waals surface area contributed by atoms with E-state index in [1.54, 1.807) is 0 Å². The van der Waals surface area contributed by atoms with Crippen LogP contribution in [0.25, 0.3) is 0 Å². The summed E-state index contributed by atoms with van der Waals surface area (Å²) >= 11 is 0. The quantitative estimate of drug-likeness (QED) is 0.803. The van der Waals surface area contributed by atoms with Crippen LogP contribution in [0.1, 0.15) is 23.4 Å². The van der Waals surface area contributed by atoms with Gasteiger partial charge >= 0.3 is 5.97 Å². The summed E-state index contributed by atoms with van der Waals surface area (Å²) in [5.41, 5.74) is 5.41. The van der Waals surface area contributed by atoms with Crippen LogP contribution in [0, 0.1) is 6.92 Å². The van der Waals surface area contributed by atoms with Gasteiger partial charge in [-0.05, 0) is 18.6 Å². The number of aromatic nitrogens is 1. The lowest BCUT2D eigenvalue weighted by atomic mass is 10.1. The van der Waals surface area contributed by atoms with E-state index < -0.39 is 24.5 Å². The van der Waals surface area contributed by atoms with E-state index in [1.807, 2.05) is 0 Å². The number of nitrogens with two attached hydrogens (primary N) is 1. The first kappa shape index (κ1) is 11.4. The molecule has 0 bridgehead atoms. The first-order valence-corrected chi connectivity index (χ1v) is 4.17. The smallest absolute Gasteiger partial charge is 0.309 e. The maximum Gasteiger partial charge on any atom is 0.309 e. The van der Waals surface area contributed by atoms with Gasteiger partial charge in [0.15, 0.2) is 0 Å². The van der Waals surface area contributed by atoms with E-state index in [-0.39, 0.29) is 16.9 Å². The Hall–Kier alpha value is -1.72. The van der Waals surface area contributed by atoms with Crippen molar-refractivity contribution in [1.82, 2.24) is 4.98 Å². The number of rotatable bonds is 3. The zero-order chi connectivity index (χ0) is 11.6. The number of carboxylic acid groups (broad SMARTS) is 1. The minimum absolute atomic E-state index is 0.0246. The molecular formula is C9H10F2N2O2. The molecule has 1 aromatic rings. The fourth-order valence-corrected chi connectivity index (χ4v) is 1.19. The molecule has 6 heteroatoms. The molecule has 0 unspecified atom stereocenters. The van der Waals surface area contributed by atoms with Gasteiger partial charge in [0.2, 0.25) is 0 Å². The number of alkyl halides is 2. The SMILES string of the molecule is Cc1cc(N)c(CC(=O)O)nc1C(F)F. The van der Waals surface area contributed by atoms with E-state index >= 15 is 0 Å². The summed E-state index contributed by atoms with van der Waals surface area (Å²) in [4.78, 5) is 14.0. The van der Waals surface area contributed by atoms with E-state index in [9.17, 15) is 13.6 Å². The fraction of sp³-hybridized carbons (Fsp3) is 0.333. The number of aliphatic carboxylic acids is 1. The van der Waals surface area contributed by atoms with Crippen LogP contribution in [-0.4, -0.2) is 16.1 Å². The summed E-state index contributed by atoms with van der Waals surface area (Å²) in [6.07, 6.45) is -3.18. The summed E-state index contributed by atoms with van der Waals surface area (Å²) in [6.45, 7) is 1.45. The van der Waals surface area contributed by atoms with Gasteiger partial charge in [0, 0.05) is 0 Å². The van der Waals surface area contributed by atoms with Gasteiger partial charge in [-0.15, -0.1) is 0 Å². The predicted octanol–water partition coefficient (Wildman–Crippen LogP) is 1.54. The largest absolute Gasteiger partial charge is 0.481 e. The van der Waals surface area contributed by atoms with Gasteiger partial charge in [0.1, 0.15) is 5.69 Å². The number of halogens is 2. The van der Waals surface area contributed by atoms with Crippen molar-refractivity contribution in [3.8, 4) is 0 Å². The molecule has 0 spiro atoms. The van der Waals surface area contributed by atoms with Crippen LogP contribution < -0.4 is 5.73 Å². The van der Waals surface area contributed by atoms with Gasteiger partial charge in [0.25, 0.3) is 6.43 Å². The molecular weight excluding hydrogens is 206 g/mol. The average molecular weight is 216 g/mol. The molecule has 0 aliphatic heterocycles. The van der Waals surface area contributed by atoms with Crippen LogP contribution in [0.4, 0.5) is 14.5 Å². The third kappa shape index (κ3) is 2.61. The van der Waals surface area contributed by atoms with Crippen LogP contribution >= 0.6 is 0 Å². The summed E-state index contributed by atoms with van der Waals surface area (Å²) < 4.78 is 24.9. The third-order valence-electron chi connectivity index (χ3n) is 1.89. The minimum atomic E-state index is -2.72. The maximum atomic E-state index is 12.4.